The average molecular weight is 289 g/mol. The molecule has 112 valence electrons. The van der Waals surface area contributed by atoms with E-state index in [-0.39, 0.29) is 11.6 Å². The van der Waals surface area contributed by atoms with Gasteiger partial charge in [-0.25, -0.2) is 0 Å². The Balaban J connectivity index is 2.10. The molecule has 2 rings (SSSR count). The number of benzene rings is 1. The van der Waals surface area contributed by atoms with Crippen molar-refractivity contribution < 1.29 is 9.72 Å². The van der Waals surface area contributed by atoms with Gasteiger partial charge in [0.15, 0.2) is 0 Å². The lowest BCUT2D eigenvalue weighted by Gasteiger charge is -2.09. The first-order chi connectivity index (χ1) is 10.1. The number of allylic oxidation sites excluding steroid dienone is 1. The van der Waals surface area contributed by atoms with E-state index in [2.05, 4.69) is 16.7 Å². The van der Waals surface area contributed by atoms with E-state index in [1.165, 1.54) is 37.2 Å². The summed E-state index contributed by atoms with van der Waals surface area (Å²) < 4.78 is 0. The fraction of sp³-hybridized carbons (Fsp3) is 0.400. The molecule has 0 fully saturated rings. The van der Waals surface area contributed by atoms with Crippen LogP contribution < -0.4 is 10.6 Å². The summed E-state index contributed by atoms with van der Waals surface area (Å²) in [5.41, 5.74) is 2.18. The molecule has 0 bridgehead atoms. The zero-order valence-electron chi connectivity index (χ0n) is 12.0. The molecule has 1 aromatic rings. The number of carbonyl (C=O) groups is 1. The predicted molar refractivity (Wildman–Crippen MR) is 81.5 cm³/mol. The number of anilines is 1. The van der Waals surface area contributed by atoms with Gasteiger partial charge in [-0.05, 0) is 37.8 Å². The van der Waals surface area contributed by atoms with Gasteiger partial charge >= 0.3 is 0 Å². The van der Waals surface area contributed by atoms with Crippen molar-refractivity contribution in [3.63, 3.8) is 0 Å². The molecule has 1 aromatic carbocycles. The number of nitrogens with one attached hydrogen (secondary N) is 2. The van der Waals surface area contributed by atoms with Crippen LogP contribution in [0.4, 0.5) is 11.4 Å². The fourth-order valence-corrected chi connectivity index (χ4v) is 2.44. The van der Waals surface area contributed by atoms with Gasteiger partial charge in [0, 0.05) is 25.2 Å². The molecule has 0 saturated carbocycles. The molecule has 0 spiro atoms. The number of nitrogens with zero attached hydrogens (tertiary/aromatic N) is 1. The van der Waals surface area contributed by atoms with Crippen molar-refractivity contribution in [2.24, 2.45) is 0 Å². The van der Waals surface area contributed by atoms with Gasteiger partial charge in [0.2, 0.25) is 0 Å². The van der Waals surface area contributed by atoms with Gasteiger partial charge in [0.05, 0.1) is 4.92 Å². The highest BCUT2D eigenvalue weighted by Gasteiger charge is 2.16. The maximum atomic E-state index is 11.6. The van der Waals surface area contributed by atoms with Crippen molar-refractivity contribution >= 4 is 17.3 Å². The summed E-state index contributed by atoms with van der Waals surface area (Å²) in [5, 5.41) is 16.6. The van der Waals surface area contributed by atoms with E-state index in [0.29, 0.717) is 17.8 Å². The van der Waals surface area contributed by atoms with Crippen molar-refractivity contribution in [2.75, 3.05) is 18.9 Å². The molecule has 0 unspecified atom stereocenters. The van der Waals surface area contributed by atoms with Crippen molar-refractivity contribution in [3.8, 4) is 0 Å². The molecule has 21 heavy (non-hydrogen) atoms. The molecule has 2 N–H and O–H groups in total. The lowest BCUT2D eigenvalue weighted by molar-refractivity contribution is -0.384. The van der Waals surface area contributed by atoms with Gasteiger partial charge in [0.1, 0.15) is 5.69 Å². The molecule has 1 amide bonds. The van der Waals surface area contributed by atoms with Gasteiger partial charge < -0.3 is 10.6 Å². The molecule has 0 heterocycles. The van der Waals surface area contributed by atoms with E-state index in [1.807, 2.05) is 0 Å². The van der Waals surface area contributed by atoms with Crippen LogP contribution in [0, 0.1) is 10.1 Å². The highest BCUT2D eigenvalue weighted by molar-refractivity contribution is 5.95. The number of hydrogen-bond donors (Lipinski definition) is 2. The van der Waals surface area contributed by atoms with Gasteiger partial charge in [-0.2, -0.15) is 0 Å². The number of hydrogen-bond acceptors (Lipinski definition) is 4. The molecule has 1 aliphatic carbocycles. The summed E-state index contributed by atoms with van der Waals surface area (Å²) in [6.07, 6.45) is 6.55. The minimum absolute atomic E-state index is 0.0111. The number of nitro benzene ring substituents is 1. The molecular formula is C15H19N3O3. The number of carbonyl (C=O) groups excluding carboxylic acids is 1. The summed E-state index contributed by atoms with van der Waals surface area (Å²) in [6, 6.07) is 4.35. The van der Waals surface area contributed by atoms with Crippen LogP contribution in [0.5, 0.6) is 0 Å². The third-order valence-electron chi connectivity index (χ3n) is 3.58. The second-order valence-corrected chi connectivity index (χ2v) is 5.00. The minimum Gasteiger partial charge on any atom is -0.379 e. The van der Waals surface area contributed by atoms with Crippen LogP contribution in [0.25, 0.3) is 0 Å². The zero-order valence-corrected chi connectivity index (χ0v) is 12.0. The molecule has 0 aromatic heterocycles. The topological polar surface area (TPSA) is 84.3 Å². The van der Waals surface area contributed by atoms with Gasteiger partial charge in [-0.1, -0.05) is 11.6 Å². The van der Waals surface area contributed by atoms with Gasteiger partial charge in [-0.3, -0.25) is 14.9 Å². The van der Waals surface area contributed by atoms with Crippen molar-refractivity contribution in [1.29, 1.82) is 0 Å². The highest BCUT2D eigenvalue weighted by Crippen LogP contribution is 2.26. The zero-order chi connectivity index (χ0) is 15.2. The molecule has 6 nitrogen and oxygen atoms in total. The quantitative estimate of drug-likeness (QED) is 0.479. The normalized spacial score (nSPS) is 13.7. The van der Waals surface area contributed by atoms with E-state index < -0.39 is 4.92 Å². The van der Waals surface area contributed by atoms with E-state index in [1.54, 1.807) is 0 Å². The number of amides is 1. The third kappa shape index (κ3) is 3.81. The van der Waals surface area contributed by atoms with E-state index >= 15 is 0 Å². The molecule has 0 saturated heterocycles. The van der Waals surface area contributed by atoms with E-state index in [0.717, 1.165) is 19.3 Å². The van der Waals surface area contributed by atoms with Gasteiger partial charge in [0.25, 0.3) is 11.6 Å². The molecule has 0 atom stereocenters. The van der Waals surface area contributed by atoms with Crippen LogP contribution in [0.3, 0.4) is 0 Å². The lowest BCUT2D eigenvalue weighted by Crippen LogP contribution is -2.18. The first-order valence-corrected chi connectivity index (χ1v) is 7.04. The van der Waals surface area contributed by atoms with Crippen molar-refractivity contribution in [3.05, 3.63) is 45.5 Å². The lowest BCUT2D eigenvalue weighted by atomic mass is 10.1. The molecule has 6 heteroatoms. The molecule has 1 aliphatic rings. The highest BCUT2D eigenvalue weighted by atomic mass is 16.6. The Hall–Kier alpha value is -2.37. The summed E-state index contributed by atoms with van der Waals surface area (Å²) in [5.74, 6) is -0.258. The summed E-state index contributed by atoms with van der Waals surface area (Å²) in [4.78, 5) is 22.2. The van der Waals surface area contributed by atoms with Crippen molar-refractivity contribution in [1.82, 2.24) is 5.32 Å². The molecular weight excluding hydrogens is 270 g/mol. The largest absolute Gasteiger partial charge is 0.379 e. The second kappa shape index (κ2) is 6.88. The maximum Gasteiger partial charge on any atom is 0.292 e. The van der Waals surface area contributed by atoms with Crippen LogP contribution in [0.1, 0.15) is 36.0 Å². The first kappa shape index (κ1) is 15.0. The average Bonchev–Trinajstić information content (AvgIpc) is 2.99. The van der Waals surface area contributed by atoms with Gasteiger partial charge in [-0.15, -0.1) is 0 Å². The molecule has 0 radical (unpaired) electrons. The van der Waals surface area contributed by atoms with Crippen molar-refractivity contribution in [2.45, 2.75) is 25.7 Å². The summed E-state index contributed by atoms with van der Waals surface area (Å²) in [6.45, 7) is 0.629. The second-order valence-electron chi connectivity index (χ2n) is 5.00. The van der Waals surface area contributed by atoms with Crippen LogP contribution in [0.2, 0.25) is 0 Å². The Morgan fingerprint density at radius 3 is 2.86 bits per heavy atom. The van der Waals surface area contributed by atoms with Crippen LogP contribution in [-0.4, -0.2) is 24.4 Å². The minimum atomic E-state index is -0.440. The Kier molecular flexibility index (Phi) is 4.92. The van der Waals surface area contributed by atoms with Crippen LogP contribution in [-0.2, 0) is 0 Å². The van der Waals surface area contributed by atoms with Crippen LogP contribution >= 0.6 is 0 Å². The number of nitro groups is 1. The predicted octanol–water partition coefficient (Wildman–Crippen LogP) is 2.87. The van der Waals surface area contributed by atoms with E-state index in [4.69, 9.17) is 0 Å². The van der Waals surface area contributed by atoms with Crippen LogP contribution in [0.15, 0.2) is 29.8 Å². The van der Waals surface area contributed by atoms with E-state index in [9.17, 15) is 14.9 Å². The maximum absolute atomic E-state index is 11.6. The Bertz CT molecular complexity index is 582. The standard InChI is InChI=1S/C15H19N3O3/c1-16-15(19)12-6-7-14(18(20)21)13(10-12)17-9-8-11-4-2-3-5-11/h4,6-7,10,17H,2-3,5,8-9H2,1H3,(H,16,19). The number of rotatable bonds is 6. The monoisotopic (exact) mass is 289 g/mol. The Morgan fingerprint density at radius 1 is 1.43 bits per heavy atom. The smallest absolute Gasteiger partial charge is 0.292 e. The summed E-state index contributed by atoms with van der Waals surface area (Å²) in [7, 11) is 1.53. The molecule has 0 aliphatic heterocycles. The summed E-state index contributed by atoms with van der Waals surface area (Å²) >= 11 is 0. The third-order valence-corrected chi connectivity index (χ3v) is 3.58. The Labute approximate surface area is 123 Å². The fourth-order valence-electron chi connectivity index (χ4n) is 2.44. The SMILES string of the molecule is CNC(=O)c1ccc([N+](=O)[O-])c(NCCC2=CCCC2)c1. The first-order valence-electron chi connectivity index (χ1n) is 7.04. The Morgan fingerprint density at radius 2 is 2.24 bits per heavy atom.